The Labute approximate surface area is 117 Å². The van der Waals surface area contributed by atoms with Gasteiger partial charge in [0.2, 0.25) is 0 Å². The van der Waals surface area contributed by atoms with Gasteiger partial charge in [-0.15, -0.1) is 0 Å². The Bertz CT molecular complexity index is 377. The van der Waals surface area contributed by atoms with E-state index in [9.17, 15) is 0 Å². The zero-order chi connectivity index (χ0) is 13.2. The van der Waals surface area contributed by atoms with Crippen LogP contribution in [-0.2, 0) is 12.2 Å². The summed E-state index contributed by atoms with van der Waals surface area (Å²) in [7, 11) is 0. The van der Waals surface area contributed by atoms with E-state index < -0.39 is 6.69 Å². The molecule has 0 atom stereocenters. The van der Waals surface area contributed by atoms with Gasteiger partial charge in [-0.1, -0.05) is 39.0 Å². The molecule has 0 amide bonds. The topological polar surface area (TPSA) is 9.23 Å². The SMILES string of the molecule is CC(C)(C)C1CC[P+]([S-])(Oc2ccccc2)CC1. The molecule has 1 nitrogen and oxygen atoms in total. The summed E-state index contributed by atoms with van der Waals surface area (Å²) in [5, 5.41) is 0. The highest BCUT2D eigenvalue weighted by Crippen LogP contribution is 2.62. The van der Waals surface area contributed by atoms with Crippen LogP contribution in [0.4, 0.5) is 0 Å². The minimum absolute atomic E-state index is 0.410. The van der Waals surface area contributed by atoms with Crippen LogP contribution in [0.3, 0.4) is 0 Å². The van der Waals surface area contributed by atoms with Crippen molar-refractivity contribution in [2.75, 3.05) is 12.3 Å². The lowest BCUT2D eigenvalue weighted by Crippen LogP contribution is -2.28. The van der Waals surface area contributed by atoms with Crippen molar-refractivity contribution in [3.05, 3.63) is 30.3 Å². The minimum atomic E-state index is -1.61. The largest absolute Gasteiger partial charge is 0.515 e. The Hall–Kier alpha value is -0.200. The first-order valence-electron chi connectivity index (χ1n) is 6.72. The summed E-state index contributed by atoms with van der Waals surface area (Å²) in [6, 6.07) is 10.1. The summed E-state index contributed by atoms with van der Waals surface area (Å²) < 4.78 is 6.13. The lowest BCUT2D eigenvalue weighted by molar-refractivity contribution is 0.221. The van der Waals surface area contributed by atoms with Crippen LogP contribution in [0, 0.1) is 11.3 Å². The third-order valence-corrected chi connectivity index (χ3v) is 7.62. The van der Waals surface area contributed by atoms with Gasteiger partial charge in [0.15, 0.2) is 5.75 Å². The van der Waals surface area contributed by atoms with Crippen LogP contribution < -0.4 is 4.52 Å². The van der Waals surface area contributed by atoms with E-state index in [4.69, 9.17) is 16.8 Å². The molecule has 0 N–H and O–H groups in total. The first kappa shape index (κ1) is 14.2. The molecule has 0 radical (unpaired) electrons. The van der Waals surface area contributed by atoms with E-state index in [1.165, 1.54) is 12.8 Å². The molecule has 1 fully saturated rings. The lowest BCUT2D eigenvalue weighted by atomic mass is 9.77. The van der Waals surface area contributed by atoms with Crippen molar-refractivity contribution < 1.29 is 4.52 Å². The van der Waals surface area contributed by atoms with E-state index in [0.29, 0.717) is 5.41 Å². The van der Waals surface area contributed by atoms with Gasteiger partial charge in [0.05, 0.1) is 19.0 Å². The van der Waals surface area contributed by atoms with Gasteiger partial charge in [-0.25, -0.2) is 0 Å². The normalized spacial score (nSPS) is 29.0. The van der Waals surface area contributed by atoms with Crippen molar-refractivity contribution in [2.24, 2.45) is 11.3 Å². The van der Waals surface area contributed by atoms with Crippen molar-refractivity contribution in [3.63, 3.8) is 0 Å². The van der Waals surface area contributed by atoms with Crippen molar-refractivity contribution in [1.29, 1.82) is 0 Å². The fraction of sp³-hybridized carbons (Fsp3) is 0.600. The summed E-state index contributed by atoms with van der Waals surface area (Å²) in [6.45, 7) is 5.40. The monoisotopic (exact) mass is 282 g/mol. The van der Waals surface area contributed by atoms with Crippen LogP contribution in [0.15, 0.2) is 30.3 Å². The van der Waals surface area contributed by atoms with Crippen LogP contribution in [0.1, 0.15) is 33.6 Å². The zero-order valence-electron chi connectivity index (χ0n) is 11.6. The van der Waals surface area contributed by atoms with Gasteiger partial charge in [0.25, 0.3) is 0 Å². The van der Waals surface area contributed by atoms with Gasteiger partial charge in [-0.3, -0.25) is 0 Å². The number of rotatable bonds is 2. The van der Waals surface area contributed by atoms with E-state index in [-0.39, 0.29) is 0 Å². The second-order valence-corrected chi connectivity index (χ2v) is 11.0. The molecule has 2 rings (SSSR count). The van der Waals surface area contributed by atoms with E-state index in [1.807, 2.05) is 30.3 Å². The van der Waals surface area contributed by atoms with Gasteiger partial charge in [-0.2, -0.15) is 0 Å². The van der Waals surface area contributed by atoms with Crippen molar-refractivity contribution in [2.45, 2.75) is 33.6 Å². The Morgan fingerprint density at radius 2 is 1.67 bits per heavy atom. The lowest BCUT2D eigenvalue weighted by Gasteiger charge is -2.41. The summed E-state index contributed by atoms with van der Waals surface area (Å²) in [6.07, 6.45) is 4.65. The van der Waals surface area contributed by atoms with Gasteiger partial charge in [-0.05, 0) is 36.3 Å². The number of hydrogen-bond acceptors (Lipinski definition) is 2. The molecule has 1 saturated heterocycles. The maximum atomic E-state index is 6.13. The smallest absolute Gasteiger partial charge is 0.170 e. The van der Waals surface area contributed by atoms with E-state index in [1.54, 1.807) is 0 Å². The molecule has 1 aliphatic heterocycles. The molecule has 1 aromatic carbocycles. The van der Waals surface area contributed by atoms with Crippen molar-refractivity contribution >= 4 is 18.9 Å². The number of benzene rings is 1. The maximum Gasteiger partial charge on any atom is 0.170 e. The number of hydrogen-bond donors (Lipinski definition) is 0. The standard InChI is InChI=1S/C15H23OPS/c1-15(2,3)13-9-11-17(18,12-10-13)16-14-7-5-4-6-8-14/h4-8,13H,9-12H2,1-3H3. The second kappa shape index (κ2) is 5.43. The van der Waals surface area contributed by atoms with Crippen LogP contribution >= 0.6 is 6.69 Å². The second-order valence-electron chi connectivity index (χ2n) is 6.31. The van der Waals surface area contributed by atoms with Gasteiger partial charge in [0, 0.05) is 0 Å². The summed E-state index contributed by atoms with van der Waals surface area (Å²) in [5.74, 6) is 1.75. The third-order valence-electron chi connectivity index (χ3n) is 3.88. The first-order valence-corrected chi connectivity index (χ1v) is 9.81. The zero-order valence-corrected chi connectivity index (χ0v) is 13.3. The first-order chi connectivity index (χ1) is 8.39. The summed E-state index contributed by atoms with van der Waals surface area (Å²) in [5.41, 5.74) is 0.410. The van der Waals surface area contributed by atoms with Crippen LogP contribution in [0.25, 0.3) is 0 Å². The van der Waals surface area contributed by atoms with Gasteiger partial charge in [0.1, 0.15) is 0 Å². The fourth-order valence-corrected chi connectivity index (χ4v) is 5.80. The van der Waals surface area contributed by atoms with Crippen LogP contribution in [0.5, 0.6) is 5.75 Å². The predicted octanol–water partition coefficient (Wildman–Crippen LogP) is 4.92. The molecule has 100 valence electrons. The van der Waals surface area contributed by atoms with Crippen molar-refractivity contribution in [3.8, 4) is 5.75 Å². The predicted molar refractivity (Wildman–Crippen MR) is 83.3 cm³/mol. The fourth-order valence-electron chi connectivity index (χ4n) is 2.59. The molecule has 3 heteroatoms. The minimum Gasteiger partial charge on any atom is -0.515 e. The van der Waals surface area contributed by atoms with Crippen molar-refractivity contribution in [1.82, 2.24) is 0 Å². The Balaban J connectivity index is 1.95. The quantitative estimate of drug-likeness (QED) is 0.562. The molecule has 1 aliphatic rings. The molecular formula is C15H23OPS. The number of para-hydroxylation sites is 1. The molecule has 0 saturated carbocycles. The van der Waals surface area contributed by atoms with E-state index >= 15 is 0 Å². The molecule has 1 heterocycles. The van der Waals surface area contributed by atoms with Gasteiger partial charge >= 0.3 is 0 Å². The molecule has 18 heavy (non-hydrogen) atoms. The molecule has 0 spiro atoms. The third kappa shape index (κ3) is 3.65. The Morgan fingerprint density at radius 3 is 2.17 bits per heavy atom. The Morgan fingerprint density at radius 1 is 1.11 bits per heavy atom. The van der Waals surface area contributed by atoms with Crippen LogP contribution in [0.2, 0.25) is 0 Å². The summed E-state index contributed by atoms with van der Waals surface area (Å²) >= 11 is 5.80. The molecule has 0 bridgehead atoms. The molecular weight excluding hydrogens is 259 g/mol. The highest BCUT2D eigenvalue weighted by Gasteiger charge is 2.37. The molecule has 1 aromatic rings. The molecule has 0 unspecified atom stereocenters. The van der Waals surface area contributed by atoms with E-state index in [2.05, 4.69) is 20.8 Å². The van der Waals surface area contributed by atoms with Gasteiger partial charge < -0.3 is 16.8 Å². The highest BCUT2D eigenvalue weighted by molar-refractivity contribution is 8.40. The Kier molecular flexibility index (Phi) is 4.29. The van der Waals surface area contributed by atoms with E-state index in [0.717, 1.165) is 24.0 Å². The summed E-state index contributed by atoms with van der Waals surface area (Å²) in [4.78, 5) is 0. The maximum absolute atomic E-state index is 6.13. The molecule has 0 aliphatic carbocycles. The average molecular weight is 282 g/mol. The highest BCUT2D eigenvalue weighted by atomic mass is 32.7. The molecule has 0 aromatic heterocycles. The average Bonchev–Trinajstić information content (AvgIpc) is 2.29. The van der Waals surface area contributed by atoms with Crippen LogP contribution in [-0.4, -0.2) is 12.3 Å².